The summed E-state index contributed by atoms with van der Waals surface area (Å²) in [6.07, 6.45) is -3.38. The Balaban J connectivity index is 3.04. The second kappa shape index (κ2) is 5.03. The van der Waals surface area contributed by atoms with Gasteiger partial charge in [-0.05, 0) is 12.1 Å². The molecule has 0 atom stereocenters. The molecule has 1 aromatic rings. The largest absolute Gasteiger partial charge is 0.239 e. The van der Waals surface area contributed by atoms with Gasteiger partial charge in [0.2, 0.25) is 6.43 Å². The predicted molar refractivity (Wildman–Crippen MR) is 53.8 cm³/mol. The van der Waals surface area contributed by atoms with Gasteiger partial charge in [-0.3, -0.25) is 0 Å². The molecular formula is C10H9F2NO2S. The number of sulfone groups is 1. The molecule has 0 unspecified atom stereocenters. The SMILES string of the molecule is N#Cc1ccccc1S(=O)(=O)CCC(F)F. The Kier molecular flexibility index (Phi) is 3.96. The minimum atomic E-state index is -3.80. The molecule has 16 heavy (non-hydrogen) atoms. The lowest BCUT2D eigenvalue weighted by Crippen LogP contribution is -2.11. The maximum Gasteiger partial charge on any atom is 0.239 e. The van der Waals surface area contributed by atoms with E-state index in [4.69, 9.17) is 5.26 Å². The van der Waals surface area contributed by atoms with E-state index >= 15 is 0 Å². The van der Waals surface area contributed by atoms with Crippen molar-refractivity contribution < 1.29 is 17.2 Å². The van der Waals surface area contributed by atoms with Crippen LogP contribution in [0.1, 0.15) is 12.0 Å². The lowest BCUT2D eigenvalue weighted by Gasteiger charge is -2.05. The van der Waals surface area contributed by atoms with Crippen molar-refractivity contribution in [3.05, 3.63) is 29.8 Å². The third kappa shape index (κ3) is 3.00. The average Bonchev–Trinajstić information content (AvgIpc) is 2.26. The first-order valence-corrected chi connectivity index (χ1v) is 6.12. The zero-order chi connectivity index (χ0) is 12.2. The second-order valence-electron chi connectivity index (χ2n) is 3.11. The number of nitriles is 1. The molecule has 0 N–H and O–H groups in total. The lowest BCUT2D eigenvalue weighted by molar-refractivity contribution is 0.145. The molecule has 0 aliphatic rings. The summed E-state index contributed by atoms with van der Waals surface area (Å²) in [4.78, 5) is -0.182. The van der Waals surface area contributed by atoms with Crippen LogP contribution in [0.3, 0.4) is 0 Å². The Labute approximate surface area is 92.2 Å². The first-order chi connectivity index (χ1) is 7.47. The van der Waals surface area contributed by atoms with Crippen molar-refractivity contribution in [2.24, 2.45) is 0 Å². The number of alkyl halides is 2. The van der Waals surface area contributed by atoms with Crippen LogP contribution in [0, 0.1) is 11.3 Å². The van der Waals surface area contributed by atoms with E-state index in [2.05, 4.69) is 0 Å². The number of rotatable bonds is 4. The van der Waals surface area contributed by atoms with Gasteiger partial charge in [0.15, 0.2) is 9.84 Å². The summed E-state index contributed by atoms with van der Waals surface area (Å²) in [7, 11) is -3.80. The van der Waals surface area contributed by atoms with Crippen molar-refractivity contribution in [3.8, 4) is 6.07 Å². The van der Waals surface area contributed by atoms with Crippen molar-refractivity contribution in [1.29, 1.82) is 5.26 Å². The van der Waals surface area contributed by atoms with Crippen LogP contribution in [0.15, 0.2) is 29.2 Å². The molecule has 0 bridgehead atoms. The average molecular weight is 245 g/mol. The molecule has 0 saturated heterocycles. The fraction of sp³-hybridized carbons (Fsp3) is 0.300. The summed E-state index contributed by atoms with van der Waals surface area (Å²) in [5.74, 6) is -0.649. The third-order valence-electron chi connectivity index (χ3n) is 1.95. The first-order valence-electron chi connectivity index (χ1n) is 4.47. The topological polar surface area (TPSA) is 57.9 Å². The molecule has 0 amide bonds. The molecule has 1 aromatic carbocycles. The predicted octanol–water partition coefficient (Wildman–Crippen LogP) is 1.99. The van der Waals surface area contributed by atoms with E-state index in [-0.39, 0.29) is 10.5 Å². The van der Waals surface area contributed by atoms with Crippen LogP contribution in [0.2, 0.25) is 0 Å². The Hall–Kier alpha value is -1.48. The van der Waals surface area contributed by atoms with E-state index in [1.807, 2.05) is 0 Å². The number of nitrogens with zero attached hydrogens (tertiary/aromatic N) is 1. The summed E-state index contributed by atoms with van der Waals surface area (Å²) in [6, 6.07) is 7.29. The van der Waals surface area contributed by atoms with Crippen molar-refractivity contribution in [2.75, 3.05) is 5.75 Å². The van der Waals surface area contributed by atoms with Crippen molar-refractivity contribution in [3.63, 3.8) is 0 Å². The fourth-order valence-electron chi connectivity index (χ4n) is 1.18. The molecule has 6 heteroatoms. The van der Waals surface area contributed by atoms with Gasteiger partial charge in [-0.25, -0.2) is 17.2 Å². The third-order valence-corrected chi connectivity index (χ3v) is 3.75. The Morgan fingerprint density at radius 3 is 2.50 bits per heavy atom. The van der Waals surface area contributed by atoms with Gasteiger partial charge in [-0.15, -0.1) is 0 Å². The molecule has 3 nitrogen and oxygen atoms in total. The highest BCUT2D eigenvalue weighted by atomic mass is 32.2. The quantitative estimate of drug-likeness (QED) is 0.815. The van der Waals surface area contributed by atoms with Gasteiger partial charge < -0.3 is 0 Å². The Bertz CT molecular complexity index is 506. The summed E-state index contributed by atoms with van der Waals surface area (Å²) in [5.41, 5.74) is -0.0169. The summed E-state index contributed by atoms with van der Waals surface area (Å²) in [5, 5.41) is 8.70. The van der Waals surface area contributed by atoms with Crippen LogP contribution >= 0.6 is 0 Å². The van der Waals surface area contributed by atoms with Crippen molar-refractivity contribution in [1.82, 2.24) is 0 Å². The molecule has 0 aliphatic carbocycles. The minimum Gasteiger partial charge on any atom is -0.224 e. The second-order valence-corrected chi connectivity index (χ2v) is 5.18. The standard InChI is InChI=1S/C10H9F2NO2S/c11-10(12)5-6-16(14,15)9-4-2-1-3-8(9)7-13/h1-4,10H,5-6H2. The number of halogens is 2. The molecular weight excluding hydrogens is 236 g/mol. The van der Waals surface area contributed by atoms with E-state index in [0.717, 1.165) is 0 Å². The maximum atomic E-state index is 11.9. The molecule has 1 rings (SSSR count). The summed E-state index contributed by atoms with van der Waals surface area (Å²) < 4.78 is 47.1. The van der Waals surface area contributed by atoms with Crippen LogP contribution in [-0.4, -0.2) is 20.6 Å². The number of hydrogen-bond donors (Lipinski definition) is 0. The van der Waals surface area contributed by atoms with Crippen LogP contribution in [0.25, 0.3) is 0 Å². The monoisotopic (exact) mass is 245 g/mol. The number of benzene rings is 1. The van der Waals surface area contributed by atoms with Gasteiger partial charge in [0.05, 0.1) is 16.2 Å². The van der Waals surface area contributed by atoms with E-state index in [9.17, 15) is 17.2 Å². The van der Waals surface area contributed by atoms with Crippen molar-refractivity contribution >= 4 is 9.84 Å². The van der Waals surface area contributed by atoms with E-state index < -0.39 is 28.4 Å². The molecule has 0 aromatic heterocycles. The normalized spacial score (nSPS) is 11.4. The molecule has 86 valence electrons. The highest BCUT2D eigenvalue weighted by Crippen LogP contribution is 2.17. The fourth-order valence-corrected chi connectivity index (χ4v) is 2.63. The molecule has 0 aliphatic heterocycles. The van der Waals surface area contributed by atoms with Crippen LogP contribution in [0.5, 0.6) is 0 Å². The van der Waals surface area contributed by atoms with Gasteiger partial charge in [-0.2, -0.15) is 5.26 Å². The highest BCUT2D eigenvalue weighted by molar-refractivity contribution is 7.91. The molecule has 0 spiro atoms. The van der Waals surface area contributed by atoms with E-state index in [1.165, 1.54) is 24.3 Å². The van der Waals surface area contributed by atoms with Crippen molar-refractivity contribution in [2.45, 2.75) is 17.7 Å². The van der Waals surface area contributed by atoms with E-state index in [1.54, 1.807) is 6.07 Å². The van der Waals surface area contributed by atoms with Gasteiger partial charge in [-0.1, -0.05) is 12.1 Å². The first kappa shape index (κ1) is 12.6. The molecule has 0 saturated carbocycles. The Morgan fingerprint density at radius 1 is 1.31 bits per heavy atom. The molecule has 0 heterocycles. The highest BCUT2D eigenvalue weighted by Gasteiger charge is 2.20. The minimum absolute atomic E-state index is 0.0169. The summed E-state index contributed by atoms with van der Waals surface area (Å²) >= 11 is 0. The lowest BCUT2D eigenvalue weighted by atomic mass is 10.2. The summed E-state index contributed by atoms with van der Waals surface area (Å²) in [6.45, 7) is 0. The Morgan fingerprint density at radius 2 is 1.94 bits per heavy atom. The van der Waals surface area contributed by atoms with Crippen LogP contribution in [0.4, 0.5) is 8.78 Å². The maximum absolute atomic E-state index is 11.9. The van der Waals surface area contributed by atoms with Gasteiger partial charge in [0, 0.05) is 6.42 Å². The number of hydrogen-bond acceptors (Lipinski definition) is 3. The molecule has 0 radical (unpaired) electrons. The van der Waals surface area contributed by atoms with Gasteiger partial charge in [0.25, 0.3) is 0 Å². The zero-order valence-corrected chi connectivity index (χ0v) is 9.05. The van der Waals surface area contributed by atoms with Gasteiger partial charge in [0.1, 0.15) is 6.07 Å². The zero-order valence-electron chi connectivity index (χ0n) is 8.23. The van der Waals surface area contributed by atoms with E-state index in [0.29, 0.717) is 0 Å². The van der Waals surface area contributed by atoms with Crippen LogP contribution in [-0.2, 0) is 9.84 Å². The van der Waals surface area contributed by atoms with Crippen LogP contribution < -0.4 is 0 Å². The molecule has 0 fully saturated rings. The smallest absolute Gasteiger partial charge is 0.224 e. The van der Waals surface area contributed by atoms with Gasteiger partial charge >= 0.3 is 0 Å².